The monoisotopic (exact) mass is 383 g/mol. The zero-order valence-corrected chi connectivity index (χ0v) is 18.2. The van der Waals surface area contributed by atoms with Gasteiger partial charge in [0, 0.05) is 25.2 Å². The fourth-order valence-electron chi connectivity index (χ4n) is 3.53. The molecule has 0 aliphatic carbocycles. The first-order chi connectivity index (χ1) is 12.7. The summed E-state index contributed by atoms with van der Waals surface area (Å²) in [5.41, 5.74) is -0.140. The van der Waals surface area contributed by atoms with E-state index < -0.39 is 0 Å². The molecule has 0 radical (unpaired) electrons. The van der Waals surface area contributed by atoms with Crippen molar-refractivity contribution >= 4 is 11.9 Å². The minimum Gasteiger partial charge on any atom is -0.338 e. The van der Waals surface area contributed by atoms with E-state index in [0.717, 1.165) is 45.3 Å². The van der Waals surface area contributed by atoms with Crippen LogP contribution in [-0.2, 0) is 4.79 Å². The Kier molecular flexibility index (Phi) is 10.1. The fourth-order valence-corrected chi connectivity index (χ4v) is 3.53. The molecule has 7 heteroatoms. The molecule has 1 heterocycles. The third-order valence-corrected chi connectivity index (χ3v) is 4.91. The number of likely N-dealkylation sites (tertiary alicyclic amines) is 1. The molecule has 0 aromatic rings. The van der Waals surface area contributed by atoms with Crippen LogP contribution >= 0.6 is 0 Å². The summed E-state index contributed by atoms with van der Waals surface area (Å²) >= 11 is 0. The van der Waals surface area contributed by atoms with E-state index in [-0.39, 0.29) is 35.5 Å². The fraction of sp³-hybridized carbons (Fsp3) is 0.900. The van der Waals surface area contributed by atoms with E-state index in [4.69, 9.17) is 0 Å². The summed E-state index contributed by atoms with van der Waals surface area (Å²) in [6.07, 6.45) is 3.84. The molecule has 1 aliphatic heterocycles. The molecule has 1 fully saturated rings. The van der Waals surface area contributed by atoms with Gasteiger partial charge in [-0.3, -0.25) is 4.79 Å². The van der Waals surface area contributed by atoms with Crippen LogP contribution in [-0.4, -0.2) is 68.2 Å². The smallest absolute Gasteiger partial charge is 0.314 e. The number of carbonyl (C=O) groups is 2. The molecule has 27 heavy (non-hydrogen) atoms. The second kappa shape index (κ2) is 11.5. The lowest BCUT2D eigenvalue weighted by Gasteiger charge is -2.36. The number of hydrogen-bond acceptors (Lipinski definition) is 4. The van der Waals surface area contributed by atoms with Crippen molar-refractivity contribution in [3.63, 3.8) is 0 Å². The molecule has 1 saturated heterocycles. The Morgan fingerprint density at radius 2 is 1.85 bits per heavy atom. The second-order valence-corrected chi connectivity index (χ2v) is 8.88. The first-order valence-electron chi connectivity index (χ1n) is 10.4. The molecular weight excluding hydrogens is 342 g/mol. The third kappa shape index (κ3) is 8.47. The van der Waals surface area contributed by atoms with Crippen LogP contribution in [0.4, 0.5) is 4.79 Å². The van der Waals surface area contributed by atoms with E-state index in [1.807, 2.05) is 25.8 Å². The average Bonchev–Trinajstić information content (AvgIpc) is 3.01. The van der Waals surface area contributed by atoms with Gasteiger partial charge < -0.3 is 26.2 Å². The molecule has 158 valence electrons. The summed E-state index contributed by atoms with van der Waals surface area (Å²) in [7, 11) is 1.94. The van der Waals surface area contributed by atoms with E-state index in [1.54, 1.807) is 0 Å². The van der Waals surface area contributed by atoms with E-state index in [0.29, 0.717) is 6.54 Å². The topological polar surface area (TPSA) is 85.5 Å². The molecule has 0 aromatic carbocycles. The Balaban J connectivity index is 2.59. The van der Waals surface area contributed by atoms with Crippen LogP contribution in [0, 0.1) is 5.41 Å². The molecule has 3 amide bonds. The lowest BCUT2D eigenvalue weighted by atomic mass is 9.85. The zero-order valence-electron chi connectivity index (χ0n) is 18.2. The van der Waals surface area contributed by atoms with Crippen molar-refractivity contribution in [2.24, 2.45) is 5.41 Å². The third-order valence-electron chi connectivity index (χ3n) is 4.91. The summed E-state index contributed by atoms with van der Waals surface area (Å²) < 4.78 is 0. The van der Waals surface area contributed by atoms with Crippen molar-refractivity contribution in [3.8, 4) is 0 Å². The Bertz CT molecular complexity index is 462. The summed E-state index contributed by atoms with van der Waals surface area (Å²) in [5, 5.41) is 12.3. The van der Waals surface area contributed by atoms with Crippen molar-refractivity contribution in [1.29, 1.82) is 0 Å². The quantitative estimate of drug-likeness (QED) is 0.433. The van der Waals surface area contributed by atoms with Gasteiger partial charge in [0.1, 0.15) is 0 Å². The normalized spacial score (nSPS) is 18.6. The lowest BCUT2D eigenvalue weighted by Crippen LogP contribution is -2.54. The first kappa shape index (κ1) is 23.7. The van der Waals surface area contributed by atoms with Crippen LogP contribution in [0.25, 0.3) is 0 Å². The molecule has 0 aromatic heterocycles. The number of urea groups is 1. The number of hydrogen-bond donors (Lipinski definition) is 4. The highest BCUT2D eigenvalue weighted by Crippen LogP contribution is 2.26. The van der Waals surface area contributed by atoms with Gasteiger partial charge in [0.25, 0.3) is 0 Å². The Labute approximate surface area is 165 Å². The predicted octanol–water partition coefficient (Wildman–Crippen LogP) is 1.69. The van der Waals surface area contributed by atoms with E-state index in [1.165, 1.54) is 0 Å². The van der Waals surface area contributed by atoms with Gasteiger partial charge in [-0.2, -0.15) is 0 Å². The number of nitrogens with one attached hydrogen (secondary N) is 4. The summed E-state index contributed by atoms with van der Waals surface area (Å²) in [6.45, 7) is 13.4. The van der Waals surface area contributed by atoms with Crippen LogP contribution in [0.5, 0.6) is 0 Å². The number of carbonyl (C=O) groups excluding carboxylic acids is 2. The van der Waals surface area contributed by atoms with Crippen molar-refractivity contribution in [3.05, 3.63) is 0 Å². The highest BCUT2D eigenvalue weighted by Gasteiger charge is 2.38. The lowest BCUT2D eigenvalue weighted by molar-refractivity contribution is -0.137. The molecular formula is C20H41N5O2. The van der Waals surface area contributed by atoms with Crippen LogP contribution in [0.1, 0.15) is 60.3 Å². The second-order valence-electron chi connectivity index (χ2n) is 8.88. The summed E-state index contributed by atoms with van der Waals surface area (Å²) in [5.74, 6) is 0.195. The van der Waals surface area contributed by atoms with Gasteiger partial charge >= 0.3 is 6.03 Å². The molecule has 7 nitrogen and oxygen atoms in total. The minimum absolute atomic E-state index is 0.121. The Morgan fingerprint density at radius 1 is 1.15 bits per heavy atom. The van der Waals surface area contributed by atoms with Gasteiger partial charge in [0.15, 0.2) is 0 Å². The minimum atomic E-state index is -0.188. The molecule has 1 aliphatic rings. The predicted molar refractivity (Wildman–Crippen MR) is 111 cm³/mol. The van der Waals surface area contributed by atoms with Gasteiger partial charge in [0.2, 0.25) is 5.91 Å². The van der Waals surface area contributed by atoms with Crippen LogP contribution in [0.3, 0.4) is 0 Å². The van der Waals surface area contributed by atoms with Gasteiger partial charge in [-0.1, -0.05) is 20.8 Å². The average molecular weight is 384 g/mol. The van der Waals surface area contributed by atoms with Crippen molar-refractivity contribution in [2.45, 2.75) is 78.4 Å². The Morgan fingerprint density at radius 3 is 2.44 bits per heavy atom. The first-order valence-corrected chi connectivity index (χ1v) is 10.4. The van der Waals surface area contributed by atoms with E-state index >= 15 is 0 Å². The summed E-state index contributed by atoms with van der Waals surface area (Å²) in [6, 6.07) is 0.00342. The van der Waals surface area contributed by atoms with Crippen molar-refractivity contribution in [2.75, 3.05) is 33.2 Å². The molecule has 0 bridgehead atoms. The Hall–Kier alpha value is -1.34. The van der Waals surface area contributed by atoms with Crippen LogP contribution in [0.15, 0.2) is 0 Å². The number of amides is 3. The van der Waals surface area contributed by atoms with Crippen molar-refractivity contribution in [1.82, 2.24) is 26.2 Å². The highest BCUT2D eigenvalue weighted by molar-refractivity contribution is 5.83. The van der Waals surface area contributed by atoms with E-state index in [2.05, 4.69) is 42.0 Å². The molecule has 4 N–H and O–H groups in total. The zero-order chi connectivity index (χ0) is 20.4. The van der Waals surface area contributed by atoms with Gasteiger partial charge in [-0.15, -0.1) is 0 Å². The van der Waals surface area contributed by atoms with Crippen LogP contribution < -0.4 is 21.3 Å². The van der Waals surface area contributed by atoms with Crippen LogP contribution in [0.2, 0.25) is 0 Å². The molecule has 2 atom stereocenters. The maximum Gasteiger partial charge on any atom is 0.314 e. The molecule has 2 unspecified atom stereocenters. The van der Waals surface area contributed by atoms with Crippen molar-refractivity contribution < 1.29 is 9.59 Å². The van der Waals surface area contributed by atoms with E-state index in [9.17, 15) is 9.59 Å². The van der Waals surface area contributed by atoms with Gasteiger partial charge in [-0.05, 0) is 65.1 Å². The standard InChI is InChI=1S/C20H41N5O2/c1-15(2)24-19(27)23-13-10-16-9-7-14-25(16)18(26)17(20(3,4)5)22-12-8-11-21-6/h15-17,21-22H,7-14H2,1-6H3,(H2,23,24,27). The molecule has 1 rings (SSSR count). The maximum absolute atomic E-state index is 13.3. The van der Waals surface area contributed by atoms with Gasteiger partial charge in [-0.25, -0.2) is 4.79 Å². The molecule has 0 saturated carbocycles. The number of rotatable bonds is 10. The molecule has 0 spiro atoms. The summed E-state index contributed by atoms with van der Waals surface area (Å²) in [4.78, 5) is 27.0. The largest absolute Gasteiger partial charge is 0.338 e. The highest BCUT2D eigenvalue weighted by atomic mass is 16.2. The maximum atomic E-state index is 13.3. The number of nitrogens with zero attached hydrogens (tertiary/aromatic N) is 1. The SMILES string of the molecule is CNCCCNC(C(=O)N1CCCC1CCNC(=O)NC(C)C)C(C)(C)C. The van der Waals surface area contributed by atoms with Gasteiger partial charge in [0.05, 0.1) is 6.04 Å².